The number of hydrogen-bond donors (Lipinski definition) is 1. The molecule has 1 heteroatoms. The highest BCUT2D eigenvalue weighted by molar-refractivity contribution is 4.91. The minimum absolute atomic E-state index is 0.810. The summed E-state index contributed by atoms with van der Waals surface area (Å²) in [5.74, 6) is 0.976. The van der Waals surface area contributed by atoms with Crippen molar-refractivity contribution in [1.29, 1.82) is 0 Å². The third-order valence-electron chi connectivity index (χ3n) is 2.62. The molecule has 1 N–H and O–H groups in total. The molecule has 0 atom stereocenters. The van der Waals surface area contributed by atoms with E-state index in [4.69, 9.17) is 0 Å². The molecule has 1 fully saturated rings. The average molecular weight is 153 g/mol. The molecule has 0 aliphatic heterocycles. The molecule has 64 valence electrons. The summed E-state index contributed by atoms with van der Waals surface area (Å²) in [4.78, 5) is 0. The van der Waals surface area contributed by atoms with Crippen LogP contribution >= 0.6 is 0 Å². The molecule has 1 rings (SSSR count). The fourth-order valence-corrected chi connectivity index (χ4v) is 1.66. The van der Waals surface area contributed by atoms with Crippen LogP contribution in [0.1, 0.15) is 32.6 Å². The molecule has 0 unspecified atom stereocenters. The summed E-state index contributed by atoms with van der Waals surface area (Å²) in [6.07, 6.45) is 5.34. The molecule has 0 bridgehead atoms. The van der Waals surface area contributed by atoms with Crippen LogP contribution in [0.2, 0.25) is 0 Å². The van der Waals surface area contributed by atoms with Crippen LogP contribution in [-0.4, -0.2) is 13.1 Å². The monoisotopic (exact) mass is 153 g/mol. The molecule has 1 saturated carbocycles. The van der Waals surface area contributed by atoms with Gasteiger partial charge < -0.3 is 5.32 Å². The summed E-state index contributed by atoms with van der Waals surface area (Å²) in [7, 11) is 2.06. The quantitative estimate of drug-likeness (QED) is 0.611. The van der Waals surface area contributed by atoms with Crippen LogP contribution < -0.4 is 5.32 Å². The summed E-state index contributed by atoms with van der Waals surface area (Å²) in [6.45, 7) is 6.03. The first kappa shape index (κ1) is 8.79. The fourth-order valence-electron chi connectivity index (χ4n) is 1.66. The van der Waals surface area contributed by atoms with E-state index in [1.807, 2.05) is 0 Å². The van der Waals surface area contributed by atoms with Crippen molar-refractivity contribution in [3.63, 3.8) is 0 Å². The summed E-state index contributed by atoms with van der Waals surface area (Å²) in [5.41, 5.74) is 1.33. The van der Waals surface area contributed by atoms with Gasteiger partial charge in [0.2, 0.25) is 0 Å². The molecule has 0 spiro atoms. The molecule has 1 aliphatic rings. The van der Waals surface area contributed by atoms with E-state index < -0.39 is 0 Å². The van der Waals surface area contributed by atoms with Crippen molar-refractivity contribution in [2.24, 2.45) is 5.92 Å². The second-order valence-electron chi connectivity index (χ2n) is 3.82. The van der Waals surface area contributed by atoms with Gasteiger partial charge >= 0.3 is 0 Å². The number of allylic oxidation sites excluding steroid dienone is 1. The summed E-state index contributed by atoms with van der Waals surface area (Å²) < 4.78 is 0. The van der Waals surface area contributed by atoms with Crippen LogP contribution in [0.5, 0.6) is 0 Å². The van der Waals surface area contributed by atoms with Crippen molar-refractivity contribution in [1.82, 2.24) is 5.32 Å². The van der Waals surface area contributed by atoms with E-state index in [2.05, 4.69) is 25.9 Å². The second-order valence-corrected chi connectivity index (χ2v) is 3.82. The largest absolute Gasteiger partial charge is 0.317 e. The first-order valence-electron chi connectivity index (χ1n) is 4.54. The topological polar surface area (TPSA) is 12.0 Å². The zero-order valence-electron chi connectivity index (χ0n) is 7.69. The number of nitrogens with one attached hydrogen (secondary N) is 1. The molecule has 0 aromatic rings. The molecule has 11 heavy (non-hydrogen) atoms. The van der Waals surface area contributed by atoms with Gasteiger partial charge in [0.15, 0.2) is 0 Å². The predicted molar refractivity (Wildman–Crippen MR) is 49.6 cm³/mol. The van der Waals surface area contributed by atoms with Crippen LogP contribution in [0, 0.1) is 5.92 Å². The molecule has 0 heterocycles. The van der Waals surface area contributed by atoms with E-state index in [0.717, 1.165) is 12.0 Å². The van der Waals surface area contributed by atoms with Gasteiger partial charge in [-0.1, -0.05) is 5.57 Å². The average Bonchev–Trinajstić information content (AvgIpc) is 1.84. The lowest BCUT2D eigenvalue weighted by Crippen LogP contribution is -2.38. The van der Waals surface area contributed by atoms with Gasteiger partial charge in [0.25, 0.3) is 0 Å². The van der Waals surface area contributed by atoms with E-state index in [9.17, 15) is 0 Å². The molecule has 1 nitrogen and oxygen atoms in total. The fraction of sp³-hybridized carbons (Fsp3) is 0.800. The van der Waals surface area contributed by atoms with Crippen molar-refractivity contribution in [3.05, 3.63) is 12.2 Å². The molecule has 0 radical (unpaired) electrons. The summed E-state index contributed by atoms with van der Waals surface area (Å²) in [6, 6.07) is 0.810. The van der Waals surface area contributed by atoms with Crippen LogP contribution in [0.4, 0.5) is 0 Å². The van der Waals surface area contributed by atoms with Gasteiger partial charge in [0.05, 0.1) is 0 Å². The zero-order chi connectivity index (χ0) is 8.27. The third-order valence-corrected chi connectivity index (χ3v) is 2.62. The Labute approximate surface area is 69.9 Å². The maximum absolute atomic E-state index is 3.91. The van der Waals surface area contributed by atoms with Gasteiger partial charge in [-0.15, -0.1) is 6.58 Å². The van der Waals surface area contributed by atoms with Gasteiger partial charge in [0.1, 0.15) is 0 Å². The Hall–Kier alpha value is -0.300. The Balaban J connectivity index is 2.00. The molecular weight excluding hydrogens is 134 g/mol. The lowest BCUT2D eigenvalue weighted by atomic mass is 9.77. The van der Waals surface area contributed by atoms with Gasteiger partial charge in [0, 0.05) is 6.04 Å². The summed E-state index contributed by atoms with van der Waals surface area (Å²) in [5, 5.41) is 3.30. The molecular formula is C10H19N. The van der Waals surface area contributed by atoms with Crippen molar-refractivity contribution >= 4 is 0 Å². The SMILES string of the molecule is C=C(C)CCC1CC(NC)C1. The first-order chi connectivity index (χ1) is 5.22. The minimum Gasteiger partial charge on any atom is -0.317 e. The van der Waals surface area contributed by atoms with Gasteiger partial charge in [-0.3, -0.25) is 0 Å². The molecule has 0 saturated heterocycles. The second kappa shape index (κ2) is 3.91. The van der Waals surface area contributed by atoms with Gasteiger partial charge in [-0.05, 0) is 45.6 Å². The Bertz CT molecular complexity index is 134. The lowest BCUT2D eigenvalue weighted by molar-refractivity contribution is 0.220. The molecule has 1 aliphatic carbocycles. The van der Waals surface area contributed by atoms with Gasteiger partial charge in [-0.2, -0.15) is 0 Å². The smallest absolute Gasteiger partial charge is 0.00693 e. The van der Waals surface area contributed by atoms with E-state index in [-0.39, 0.29) is 0 Å². The Morgan fingerprint density at radius 1 is 1.55 bits per heavy atom. The normalized spacial score (nSPS) is 29.6. The Morgan fingerprint density at radius 3 is 2.64 bits per heavy atom. The van der Waals surface area contributed by atoms with Crippen molar-refractivity contribution in [2.45, 2.75) is 38.6 Å². The number of rotatable bonds is 4. The number of hydrogen-bond acceptors (Lipinski definition) is 1. The van der Waals surface area contributed by atoms with Crippen molar-refractivity contribution in [3.8, 4) is 0 Å². The Morgan fingerprint density at radius 2 is 2.18 bits per heavy atom. The standard InChI is InChI=1S/C10H19N/c1-8(2)4-5-9-6-10(7-9)11-3/h9-11H,1,4-7H2,2-3H3. The first-order valence-corrected chi connectivity index (χ1v) is 4.54. The van der Waals surface area contributed by atoms with Crippen LogP contribution in [0.3, 0.4) is 0 Å². The van der Waals surface area contributed by atoms with E-state index in [1.54, 1.807) is 0 Å². The highest BCUT2D eigenvalue weighted by Crippen LogP contribution is 2.31. The van der Waals surface area contributed by atoms with E-state index in [1.165, 1.54) is 31.3 Å². The van der Waals surface area contributed by atoms with Crippen LogP contribution in [-0.2, 0) is 0 Å². The predicted octanol–water partition coefficient (Wildman–Crippen LogP) is 2.34. The maximum atomic E-state index is 3.91. The van der Waals surface area contributed by atoms with E-state index >= 15 is 0 Å². The highest BCUT2D eigenvalue weighted by atomic mass is 14.9. The zero-order valence-corrected chi connectivity index (χ0v) is 7.69. The molecule has 0 aromatic carbocycles. The van der Waals surface area contributed by atoms with Gasteiger partial charge in [-0.25, -0.2) is 0 Å². The van der Waals surface area contributed by atoms with Crippen molar-refractivity contribution < 1.29 is 0 Å². The van der Waals surface area contributed by atoms with E-state index in [0.29, 0.717) is 0 Å². The van der Waals surface area contributed by atoms with Crippen LogP contribution in [0.25, 0.3) is 0 Å². The lowest BCUT2D eigenvalue weighted by Gasteiger charge is -2.35. The highest BCUT2D eigenvalue weighted by Gasteiger charge is 2.26. The third kappa shape index (κ3) is 2.66. The molecule has 0 amide bonds. The van der Waals surface area contributed by atoms with Crippen LogP contribution in [0.15, 0.2) is 12.2 Å². The summed E-state index contributed by atoms with van der Waals surface area (Å²) >= 11 is 0. The minimum atomic E-state index is 0.810. The molecule has 0 aromatic heterocycles. The van der Waals surface area contributed by atoms with Crippen molar-refractivity contribution in [2.75, 3.05) is 7.05 Å². The Kier molecular flexibility index (Phi) is 3.13. The maximum Gasteiger partial charge on any atom is 0.00693 e.